The first-order valence-corrected chi connectivity index (χ1v) is 9.16. The third-order valence-electron chi connectivity index (χ3n) is 3.44. The molecule has 0 aliphatic heterocycles. The summed E-state index contributed by atoms with van der Waals surface area (Å²) in [4.78, 5) is 11.7. The van der Waals surface area contributed by atoms with Crippen LogP contribution >= 0.6 is 31.9 Å². The van der Waals surface area contributed by atoms with E-state index >= 15 is 0 Å². The Hall–Kier alpha value is -1.53. The van der Waals surface area contributed by atoms with Crippen LogP contribution in [0.3, 0.4) is 0 Å². The van der Waals surface area contributed by atoms with Crippen molar-refractivity contribution in [3.05, 3.63) is 50.9 Å². The van der Waals surface area contributed by atoms with E-state index in [0.717, 1.165) is 31.6 Å². The quantitative estimate of drug-likeness (QED) is 0.610. The topological polar surface area (TPSA) is 50.4 Å². The highest BCUT2D eigenvalue weighted by molar-refractivity contribution is 9.11. The molecule has 2 N–H and O–H groups in total. The summed E-state index contributed by atoms with van der Waals surface area (Å²) in [5.74, 6) is 0.766. The third-order valence-corrected chi connectivity index (χ3v) is 4.61. The van der Waals surface area contributed by atoms with Crippen molar-refractivity contribution < 1.29 is 9.53 Å². The summed E-state index contributed by atoms with van der Waals surface area (Å²) in [6.07, 6.45) is 0. The summed E-state index contributed by atoms with van der Waals surface area (Å²) in [7, 11) is 1.64. The minimum Gasteiger partial charge on any atom is -0.494 e. The van der Waals surface area contributed by atoms with Gasteiger partial charge in [-0.25, -0.2) is 0 Å². The predicted molar refractivity (Wildman–Crippen MR) is 106 cm³/mol. The van der Waals surface area contributed by atoms with E-state index in [9.17, 15) is 4.79 Å². The molecule has 0 heterocycles. The van der Waals surface area contributed by atoms with Gasteiger partial charge in [-0.05, 0) is 73.8 Å². The van der Waals surface area contributed by atoms with Gasteiger partial charge in [0.25, 0.3) is 0 Å². The van der Waals surface area contributed by atoms with Gasteiger partial charge >= 0.3 is 0 Å². The number of ether oxygens (including phenoxy) is 1. The Bertz CT molecular complexity index is 692. The molecule has 128 valence electrons. The number of nitrogens with one attached hydrogen (secondary N) is 2. The number of anilines is 2. The molecule has 0 fully saturated rings. The second-order valence-electron chi connectivity index (χ2n) is 5.67. The molecule has 24 heavy (non-hydrogen) atoms. The van der Waals surface area contributed by atoms with Gasteiger partial charge in [0.15, 0.2) is 0 Å². The van der Waals surface area contributed by atoms with E-state index in [2.05, 4.69) is 42.5 Å². The van der Waals surface area contributed by atoms with Gasteiger partial charge in [-0.3, -0.25) is 4.79 Å². The Labute approximate surface area is 159 Å². The number of halogens is 2. The number of hydrogen-bond donors (Lipinski definition) is 2. The Morgan fingerprint density at radius 1 is 1.08 bits per heavy atom. The van der Waals surface area contributed by atoms with Crippen LogP contribution in [0.25, 0.3) is 0 Å². The number of carbonyl (C=O) groups excluding carboxylic acids is 1. The Kier molecular flexibility index (Phi) is 6.69. The van der Waals surface area contributed by atoms with Crippen LogP contribution in [-0.2, 0) is 11.3 Å². The third kappa shape index (κ3) is 4.98. The van der Waals surface area contributed by atoms with Crippen molar-refractivity contribution in [3.8, 4) is 5.75 Å². The number of methoxy groups -OCH3 is 1. The standard InChI is InChI=1S/C18H20Br2N2O2/c1-11(2)18(23)22-14-6-4-13(5-7-14)21-10-12-8-15(19)17(24-3)16(20)9-12/h4-9,11,21H,10H2,1-3H3,(H,22,23). The highest BCUT2D eigenvalue weighted by Gasteiger charge is 2.08. The molecule has 4 nitrogen and oxygen atoms in total. The summed E-state index contributed by atoms with van der Waals surface area (Å²) in [5.41, 5.74) is 2.90. The minimum absolute atomic E-state index is 0.0173. The fourth-order valence-electron chi connectivity index (χ4n) is 2.07. The van der Waals surface area contributed by atoms with E-state index < -0.39 is 0 Å². The molecule has 0 aliphatic rings. The average Bonchev–Trinajstić information content (AvgIpc) is 2.54. The molecule has 2 aromatic rings. The predicted octanol–water partition coefficient (Wildman–Crippen LogP) is 5.43. The van der Waals surface area contributed by atoms with Crippen molar-refractivity contribution in [2.45, 2.75) is 20.4 Å². The van der Waals surface area contributed by atoms with Gasteiger partial charge in [0.2, 0.25) is 5.91 Å². The lowest BCUT2D eigenvalue weighted by Crippen LogP contribution is -2.17. The van der Waals surface area contributed by atoms with E-state index in [1.807, 2.05) is 50.2 Å². The van der Waals surface area contributed by atoms with Crippen molar-refractivity contribution in [1.29, 1.82) is 0 Å². The number of amides is 1. The minimum atomic E-state index is -0.0326. The molecule has 0 radical (unpaired) electrons. The fourth-order valence-corrected chi connectivity index (χ4v) is 3.68. The molecule has 0 saturated heterocycles. The van der Waals surface area contributed by atoms with E-state index in [4.69, 9.17) is 4.74 Å². The van der Waals surface area contributed by atoms with Gasteiger partial charge in [0, 0.05) is 23.8 Å². The van der Waals surface area contributed by atoms with Crippen molar-refractivity contribution in [3.63, 3.8) is 0 Å². The maximum absolute atomic E-state index is 11.7. The van der Waals surface area contributed by atoms with Gasteiger partial charge in [0.1, 0.15) is 5.75 Å². The number of carbonyl (C=O) groups is 1. The molecule has 2 rings (SSSR count). The first-order valence-electron chi connectivity index (χ1n) is 7.57. The van der Waals surface area contributed by atoms with Crippen molar-refractivity contribution in [1.82, 2.24) is 0 Å². The molecule has 2 aromatic carbocycles. The molecule has 6 heteroatoms. The second kappa shape index (κ2) is 8.53. The SMILES string of the molecule is COc1c(Br)cc(CNc2ccc(NC(=O)C(C)C)cc2)cc1Br. The lowest BCUT2D eigenvalue weighted by Gasteiger charge is -2.12. The normalized spacial score (nSPS) is 10.6. The van der Waals surface area contributed by atoms with Crippen LogP contribution < -0.4 is 15.4 Å². The first-order chi connectivity index (χ1) is 11.4. The highest BCUT2D eigenvalue weighted by Crippen LogP contribution is 2.34. The maximum atomic E-state index is 11.7. The molecule has 0 bridgehead atoms. The van der Waals surface area contributed by atoms with Crippen molar-refractivity contribution >= 4 is 49.1 Å². The summed E-state index contributed by atoms with van der Waals surface area (Å²) in [5, 5.41) is 6.24. The number of hydrogen-bond acceptors (Lipinski definition) is 3. The summed E-state index contributed by atoms with van der Waals surface area (Å²) in [6, 6.07) is 11.7. The van der Waals surface area contributed by atoms with Crippen LogP contribution in [0.1, 0.15) is 19.4 Å². The Balaban J connectivity index is 1.99. The summed E-state index contributed by atoms with van der Waals surface area (Å²) < 4.78 is 7.12. The largest absolute Gasteiger partial charge is 0.494 e. The van der Waals surface area contributed by atoms with Gasteiger partial charge in [-0.1, -0.05) is 13.8 Å². The number of benzene rings is 2. The first kappa shape index (κ1) is 18.8. The summed E-state index contributed by atoms with van der Waals surface area (Å²) >= 11 is 7.01. The fraction of sp³-hybridized carbons (Fsp3) is 0.278. The van der Waals surface area contributed by atoms with Crippen LogP contribution in [0.2, 0.25) is 0 Å². The van der Waals surface area contributed by atoms with Gasteiger partial charge in [0.05, 0.1) is 16.1 Å². The Morgan fingerprint density at radius 3 is 2.12 bits per heavy atom. The van der Waals surface area contributed by atoms with Gasteiger partial charge < -0.3 is 15.4 Å². The lowest BCUT2D eigenvalue weighted by molar-refractivity contribution is -0.118. The zero-order valence-electron chi connectivity index (χ0n) is 13.8. The maximum Gasteiger partial charge on any atom is 0.226 e. The van der Waals surface area contributed by atoms with E-state index in [-0.39, 0.29) is 11.8 Å². The Morgan fingerprint density at radius 2 is 1.62 bits per heavy atom. The molecule has 0 unspecified atom stereocenters. The van der Waals surface area contributed by atoms with Crippen LogP contribution in [-0.4, -0.2) is 13.0 Å². The molecule has 0 spiro atoms. The van der Waals surface area contributed by atoms with E-state index in [1.54, 1.807) is 7.11 Å². The zero-order valence-corrected chi connectivity index (χ0v) is 17.0. The van der Waals surface area contributed by atoms with Gasteiger partial charge in [-0.2, -0.15) is 0 Å². The molecular weight excluding hydrogens is 436 g/mol. The molecule has 0 saturated carbocycles. The molecule has 0 aromatic heterocycles. The highest BCUT2D eigenvalue weighted by atomic mass is 79.9. The van der Waals surface area contributed by atoms with Crippen molar-refractivity contribution in [2.24, 2.45) is 5.92 Å². The lowest BCUT2D eigenvalue weighted by atomic mass is 10.2. The average molecular weight is 456 g/mol. The smallest absolute Gasteiger partial charge is 0.226 e. The van der Waals surface area contributed by atoms with Crippen LogP contribution in [0.4, 0.5) is 11.4 Å². The van der Waals surface area contributed by atoms with Crippen LogP contribution in [0.15, 0.2) is 45.3 Å². The van der Waals surface area contributed by atoms with E-state index in [0.29, 0.717) is 6.54 Å². The van der Waals surface area contributed by atoms with E-state index in [1.165, 1.54) is 0 Å². The van der Waals surface area contributed by atoms with Gasteiger partial charge in [-0.15, -0.1) is 0 Å². The second-order valence-corrected chi connectivity index (χ2v) is 7.38. The molecule has 0 atom stereocenters. The molecule has 1 amide bonds. The van der Waals surface area contributed by atoms with Crippen molar-refractivity contribution in [2.75, 3.05) is 17.7 Å². The zero-order chi connectivity index (χ0) is 17.7. The van der Waals surface area contributed by atoms with Crippen LogP contribution in [0, 0.1) is 5.92 Å². The monoisotopic (exact) mass is 454 g/mol. The molecule has 0 aliphatic carbocycles. The summed E-state index contributed by atoms with van der Waals surface area (Å²) in [6.45, 7) is 4.42. The molecular formula is C18H20Br2N2O2. The van der Waals surface area contributed by atoms with Crippen LogP contribution in [0.5, 0.6) is 5.75 Å². The number of rotatable bonds is 6.